The number of hydrogen-bond donors (Lipinski definition) is 2. The number of benzene rings is 2. The maximum absolute atomic E-state index is 12.1. The number of aromatic nitrogens is 1. The Morgan fingerprint density at radius 2 is 1.55 bits per heavy atom. The number of rotatable bonds is 5. The molecule has 29 heavy (non-hydrogen) atoms. The molecule has 3 amide bonds. The first-order valence-corrected chi connectivity index (χ1v) is 10.2. The minimum Gasteiger partial charge on any atom is -0.431 e. The molecule has 1 aromatic heterocycles. The summed E-state index contributed by atoms with van der Waals surface area (Å²) in [4.78, 5) is 28.5. The second-order valence-electron chi connectivity index (χ2n) is 7.43. The van der Waals surface area contributed by atoms with E-state index in [1.54, 1.807) is 0 Å². The molecule has 0 spiro atoms. The molecule has 3 aromatic rings. The Morgan fingerprint density at radius 1 is 0.966 bits per heavy atom. The first-order chi connectivity index (χ1) is 13.8. The van der Waals surface area contributed by atoms with Crippen LogP contribution < -0.4 is 10.6 Å². The molecule has 2 aromatic carbocycles. The molecule has 0 aliphatic heterocycles. The van der Waals surface area contributed by atoms with Crippen molar-refractivity contribution in [2.45, 2.75) is 31.5 Å². The fourth-order valence-corrected chi connectivity index (χ4v) is 3.23. The molecule has 0 aliphatic rings. The fraction of sp³-hybridized carbons (Fsp3) is 0.227. The highest BCUT2D eigenvalue weighted by atomic mass is 32.2. The third-order valence-electron chi connectivity index (χ3n) is 3.76. The molecule has 0 bridgehead atoms. The average molecular weight is 410 g/mol. The van der Waals surface area contributed by atoms with Gasteiger partial charge in [-0.25, -0.2) is 9.78 Å². The van der Waals surface area contributed by atoms with Gasteiger partial charge in [-0.05, 0) is 20.8 Å². The van der Waals surface area contributed by atoms with Crippen molar-refractivity contribution in [3.63, 3.8) is 0 Å². The van der Waals surface area contributed by atoms with E-state index in [1.165, 1.54) is 0 Å². The Bertz CT molecular complexity index is 923. The third kappa shape index (κ3) is 5.96. The van der Waals surface area contributed by atoms with Crippen LogP contribution in [0.5, 0.6) is 0 Å². The molecule has 0 saturated heterocycles. The molecule has 3 rings (SSSR count). The number of urea groups is 1. The average Bonchev–Trinajstić information content (AvgIpc) is 3.10. The smallest absolute Gasteiger partial charge is 0.321 e. The van der Waals surface area contributed by atoms with E-state index in [9.17, 15) is 9.59 Å². The van der Waals surface area contributed by atoms with Gasteiger partial charge in [0.2, 0.25) is 5.91 Å². The predicted molar refractivity (Wildman–Crippen MR) is 115 cm³/mol. The van der Waals surface area contributed by atoms with Crippen LogP contribution in [0.3, 0.4) is 0 Å². The molecule has 7 heteroatoms. The molecule has 0 radical (unpaired) electrons. The number of amides is 3. The monoisotopic (exact) mass is 409 g/mol. The lowest BCUT2D eigenvalue weighted by atomic mass is 10.1. The Kier molecular flexibility index (Phi) is 6.39. The van der Waals surface area contributed by atoms with E-state index in [0.29, 0.717) is 16.7 Å². The van der Waals surface area contributed by atoms with Gasteiger partial charge < -0.3 is 9.73 Å². The Labute approximate surface area is 174 Å². The van der Waals surface area contributed by atoms with Crippen molar-refractivity contribution in [1.29, 1.82) is 0 Å². The molecule has 0 aliphatic carbocycles. The van der Waals surface area contributed by atoms with Gasteiger partial charge in [0.1, 0.15) is 5.69 Å². The van der Waals surface area contributed by atoms with Crippen LogP contribution in [-0.4, -0.2) is 28.2 Å². The van der Waals surface area contributed by atoms with Crippen molar-refractivity contribution in [3.05, 3.63) is 60.7 Å². The molecule has 0 atom stereocenters. The van der Waals surface area contributed by atoms with Gasteiger partial charge >= 0.3 is 6.03 Å². The molecule has 0 saturated carbocycles. The highest BCUT2D eigenvalue weighted by molar-refractivity contribution is 7.99. The molecular formula is C22H23N3O3S. The van der Waals surface area contributed by atoms with E-state index in [2.05, 4.69) is 15.6 Å². The van der Waals surface area contributed by atoms with Crippen molar-refractivity contribution >= 4 is 23.7 Å². The second-order valence-corrected chi connectivity index (χ2v) is 8.36. The SMILES string of the molecule is CC(C)(C)NC(=O)NC(=O)CSc1nc(-c2ccccc2)c(-c2ccccc2)o1. The zero-order chi connectivity index (χ0) is 20.9. The maximum Gasteiger partial charge on any atom is 0.321 e. The highest BCUT2D eigenvalue weighted by Crippen LogP contribution is 2.35. The summed E-state index contributed by atoms with van der Waals surface area (Å²) in [6.07, 6.45) is 0. The quantitative estimate of drug-likeness (QED) is 0.596. The van der Waals surface area contributed by atoms with Crippen LogP contribution in [0.15, 0.2) is 70.3 Å². The lowest BCUT2D eigenvalue weighted by molar-refractivity contribution is -0.117. The minimum atomic E-state index is -0.523. The van der Waals surface area contributed by atoms with E-state index in [-0.39, 0.29) is 5.75 Å². The molecule has 1 heterocycles. The Morgan fingerprint density at radius 3 is 2.14 bits per heavy atom. The largest absolute Gasteiger partial charge is 0.431 e. The predicted octanol–water partition coefficient (Wildman–Crippen LogP) is 4.73. The van der Waals surface area contributed by atoms with Crippen LogP contribution in [0.25, 0.3) is 22.6 Å². The molecule has 0 unspecified atom stereocenters. The van der Waals surface area contributed by atoms with Crippen molar-refractivity contribution in [2.75, 3.05) is 5.75 Å². The molecule has 2 N–H and O–H groups in total. The topological polar surface area (TPSA) is 84.2 Å². The van der Waals surface area contributed by atoms with Gasteiger partial charge in [-0.1, -0.05) is 72.4 Å². The minimum absolute atomic E-state index is 0.0144. The van der Waals surface area contributed by atoms with Gasteiger partial charge in [0.25, 0.3) is 5.22 Å². The van der Waals surface area contributed by atoms with Crippen molar-refractivity contribution in [2.24, 2.45) is 0 Å². The second kappa shape index (κ2) is 8.96. The number of carbonyl (C=O) groups excluding carboxylic acids is 2. The van der Waals surface area contributed by atoms with Crippen molar-refractivity contribution in [1.82, 2.24) is 15.6 Å². The molecular weight excluding hydrogens is 386 g/mol. The number of thioether (sulfide) groups is 1. The van der Waals surface area contributed by atoms with Gasteiger partial charge in [-0.2, -0.15) is 0 Å². The van der Waals surface area contributed by atoms with Crippen LogP contribution in [0.2, 0.25) is 0 Å². The van der Waals surface area contributed by atoms with Gasteiger partial charge in [0, 0.05) is 16.7 Å². The summed E-state index contributed by atoms with van der Waals surface area (Å²) >= 11 is 1.14. The number of carbonyl (C=O) groups is 2. The summed E-state index contributed by atoms with van der Waals surface area (Å²) in [5, 5.41) is 5.37. The van der Waals surface area contributed by atoms with E-state index >= 15 is 0 Å². The van der Waals surface area contributed by atoms with Crippen LogP contribution in [0, 0.1) is 0 Å². The highest BCUT2D eigenvalue weighted by Gasteiger charge is 2.19. The molecule has 150 valence electrons. The zero-order valence-corrected chi connectivity index (χ0v) is 17.4. The number of nitrogens with zero attached hydrogens (tertiary/aromatic N) is 1. The summed E-state index contributed by atoms with van der Waals surface area (Å²) in [6, 6.07) is 18.9. The van der Waals surface area contributed by atoms with E-state index in [0.717, 1.165) is 22.9 Å². The Balaban J connectivity index is 1.74. The van der Waals surface area contributed by atoms with Crippen molar-refractivity contribution < 1.29 is 14.0 Å². The summed E-state index contributed by atoms with van der Waals surface area (Å²) in [5.41, 5.74) is 2.12. The molecule has 0 fully saturated rings. The number of imide groups is 1. The van der Waals surface area contributed by atoms with E-state index in [4.69, 9.17) is 4.42 Å². The van der Waals surface area contributed by atoms with Crippen molar-refractivity contribution in [3.8, 4) is 22.6 Å². The first-order valence-electron chi connectivity index (χ1n) is 9.18. The van der Waals surface area contributed by atoms with Gasteiger partial charge in [-0.3, -0.25) is 10.1 Å². The van der Waals surface area contributed by atoms with Crippen LogP contribution in [0.4, 0.5) is 4.79 Å². The van der Waals surface area contributed by atoms with Crippen LogP contribution in [-0.2, 0) is 4.79 Å². The van der Waals surface area contributed by atoms with Gasteiger partial charge in [-0.15, -0.1) is 0 Å². The maximum atomic E-state index is 12.1. The standard InChI is InChI=1S/C22H23N3O3S/c1-22(2,3)25-20(27)23-17(26)14-29-21-24-18(15-10-6-4-7-11-15)19(28-21)16-12-8-5-9-13-16/h4-13H,14H2,1-3H3,(H2,23,25,26,27). The summed E-state index contributed by atoms with van der Waals surface area (Å²) in [6.45, 7) is 5.53. The number of oxazole rings is 1. The van der Waals surface area contributed by atoms with Crippen LogP contribution in [0.1, 0.15) is 20.8 Å². The molecule has 6 nitrogen and oxygen atoms in total. The van der Waals surface area contributed by atoms with Gasteiger partial charge in [0.05, 0.1) is 5.75 Å². The normalized spacial score (nSPS) is 11.1. The van der Waals surface area contributed by atoms with Crippen LogP contribution >= 0.6 is 11.8 Å². The lowest BCUT2D eigenvalue weighted by Gasteiger charge is -2.20. The lowest BCUT2D eigenvalue weighted by Crippen LogP contribution is -2.48. The fourth-order valence-electron chi connectivity index (χ4n) is 2.60. The van der Waals surface area contributed by atoms with E-state index < -0.39 is 17.5 Å². The zero-order valence-electron chi connectivity index (χ0n) is 16.6. The Hall–Kier alpha value is -3.06. The van der Waals surface area contributed by atoms with Gasteiger partial charge in [0.15, 0.2) is 5.76 Å². The third-order valence-corrected chi connectivity index (χ3v) is 4.59. The summed E-state index contributed by atoms with van der Waals surface area (Å²) < 4.78 is 5.96. The number of hydrogen-bond acceptors (Lipinski definition) is 5. The summed E-state index contributed by atoms with van der Waals surface area (Å²) in [5.74, 6) is 0.239. The number of nitrogens with one attached hydrogen (secondary N) is 2. The van der Waals surface area contributed by atoms with E-state index in [1.807, 2.05) is 81.4 Å². The first kappa shape index (κ1) is 20.7. The summed E-state index contributed by atoms with van der Waals surface area (Å²) in [7, 11) is 0.